The molecule has 0 unspecified atom stereocenters. The Hall–Kier alpha value is -1.19. The second-order valence-corrected chi connectivity index (χ2v) is 2.69. The molecule has 1 amide bonds. The van der Waals surface area contributed by atoms with E-state index < -0.39 is 11.6 Å². The number of methoxy groups -OCH3 is 1. The lowest BCUT2D eigenvalue weighted by atomic mass is 10.0. The van der Waals surface area contributed by atoms with Gasteiger partial charge in [-0.2, -0.15) is 0 Å². The summed E-state index contributed by atoms with van der Waals surface area (Å²) in [7, 11) is 1.26. The van der Waals surface area contributed by atoms with Crippen LogP contribution in [0.1, 0.15) is 13.8 Å². The van der Waals surface area contributed by atoms with Crippen LogP contribution < -0.4 is 5.32 Å². The summed E-state index contributed by atoms with van der Waals surface area (Å²) >= 11 is 0. The molecule has 0 spiro atoms. The fourth-order valence-corrected chi connectivity index (χ4v) is 0.378. The summed E-state index contributed by atoms with van der Waals surface area (Å²) in [6, 6.07) is 0. The first-order valence-corrected chi connectivity index (χ1v) is 3.14. The van der Waals surface area contributed by atoms with Crippen molar-refractivity contribution >= 4 is 6.09 Å². The van der Waals surface area contributed by atoms with Crippen molar-refractivity contribution in [2.45, 2.75) is 19.4 Å². The Kier molecular flexibility index (Phi) is 2.92. The molecule has 11 heavy (non-hydrogen) atoms. The third-order valence-electron chi connectivity index (χ3n) is 1.32. The highest BCUT2D eigenvalue weighted by atomic mass is 16.5. The number of hydrogen-bond acceptors (Lipinski definition) is 3. The summed E-state index contributed by atoms with van der Waals surface area (Å²) in [6.07, 6.45) is -0.592. The van der Waals surface area contributed by atoms with Gasteiger partial charge in [0.1, 0.15) is 5.76 Å². The highest BCUT2D eigenvalue weighted by Gasteiger charge is 2.23. The van der Waals surface area contributed by atoms with E-state index in [1.165, 1.54) is 7.11 Å². The minimum Gasteiger partial charge on any atom is -0.510 e. The Labute approximate surface area is 65.9 Å². The maximum Gasteiger partial charge on any atom is 0.407 e. The highest BCUT2D eigenvalue weighted by molar-refractivity contribution is 5.68. The average molecular weight is 159 g/mol. The van der Waals surface area contributed by atoms with Gasteiger partial charge in [-0.05, 0) is 13.8 Å². The van der Waals surface area contributed by atoms with Gasteiger partial charge in [-0.1, -0.05) is 6.58 Å². The van der Waals surface area contributed by atoms with Crippen LogP contribution in [-0.4, -0.2) is 23.8 Å². The molecule has 0 aliphatic carbocycles. The molecule has 0 bridgehead atoms. The number of aliphatic hydroxyl groups is 1. The van der Waals surface area contributed by atoms with Gasteiger partial charge in [-0.3, -0.25) is 0 Å². The first kappa shape index (κ1) is 9.81. The quantitative estimate of drug-likeness (QED) is 0.595. The fraction of sp³-hybridized carbons (Fsp3) is 0.571. The standard InChI is InChI=1S/C7H13NO3/c1-5(9)7(2,3)8-6(10)11-4/h9H,1H2,2-4H3,(H,8,10). The van der Waals surface area contributed by atoms with E-state index in [0.29, 0.717) is 0 Å². The van der Waals surface area contributed by atoms with E-state index in [4.69, 9.17) is 5.11 Å². The van der Waals surface area contributed by atoms with Crippen molar-refractivity contribution in [3.8, 4) is 0 Å². The third-order valence-corrected chi connectivity index (χ3v) is 1.32. The summed E-state index contributed by atoms with van der Waals surface area (Å²) in [5, 5.41) is 11.4. The van der Waals surface area contributed by atoms with Crippen LogP contribution in [-0.2, 0) is 4.74 Å². The SMILES string of the molecule is C=C(O)C(C)(C)NC(=O)OC. The number of amides is 1. The van der Waals surface area contributed by atoms with Gasteiger partial charge in [0.15, 0.2) is 0 Å². The molecule has 0 aromatic rings. The van der Waals surface area contributed by atoms with Crippen molar-refractivity contribution in [2.24, 2.45) is 0 Å². The summed E-state index contributed by atoms with van der Waals surface area (Å²) < 4.78 is 4.33. The maximum atomic E-state index is 10.6. The predicted octanol–water partition coefficient (Wildman–Crippen LogP) is 1.19. The topological polar surface area (TPSA) is 58.6 Å². The average Bonchev–Trinajstić information content (AvgIpc) is 1.86. The van der Waals surface area contributed by atoms with E-state index in [9.17, 15) is 4.79 Å². The summed E-state index contributed by atoms with van der Waals surface area (Å²) in [5.41, 5.74) is -0.840. The molecular weight excluding hydrogens is 146 g/mol. The van der Waals surface area contributed by atoms with Crippen molar-refractivity contribution in [1.82, 2.24) is 5.32 Å². The van der Waals surface area contributed by atoms with Gasteiger partial charge < -0.3 is 15.2 Å². The number of nitrogens with one attached hydrogen (secondary N) is 1. The molecule has 64 valence electrons. The zero-order chi connectivity index (χ0) is 9.07. The Balaban J connectivity index is 4.12. The molecule has 0 aromatic heterocycles. The van der Waals surface area contributed by atoms with Crippen LogP contribution in [0.15, 0.2) is 12.3 Å². The van der Waals surface area contributed by atoms with Gasteiger partial charge >= 0.3 is 6.09 Å². The van der Waals surface area contributed by atoms with Crippen LogP contribution in [0.3, 0.4) is 0 Å². The fourth-order valence-electron chi connectivity index (χ4n) is 0.378. The van der Waals surface area contributed by atoms with Gasteiger partial charge in [-0.25, -0.2) is 4.79 Å². The van der Waals surface area contributed by atoms with Crippen molar-refractivity contribution in [1.29, 1.82) is 0 Å². The molecule has 0 aliphatic heterocycles. The molecule has 0 fully saturated rings. The van der Waals surface area contributed by atoms with Gasteiger partial charge in [-0.15, -0.1) is 0 Å². The molecule has 2 N–H and O–H groups in total. The zero-order valence-electron chi connectivity index (χ0n) is 6.97. The predicted molar refractivity (Wildman–Crippen MR) is 41.4 cm³/mol. The van der Waals surface area contributed by atoms with Crippen molar-refractivity contribution in [3.63, 3.8) is 0 Å². The van der Waals surface area contributed by atoms with Gasteiger partial charge in [0.25, 0.3) is 0 Å². The Morgan fingerprint density at radius 2 is 2.09 bits per heavy atom. The second kappa shape index (κ2) is 3.27. The Bertz CT molecular complexity index is 175. The van der Waals surface area contributed by atoms with E-state index in [1.54, 1.807) is 13.8 Å². The minimum atomic E-state index is -0.840. The smallest absolute Gasteiger partial charge is 0.407 e. The number of aliphatic hydroxyl groups excluding tert-OH is 1. The lowest BCUT2D eigenvalue weighted by Crippen LogP contribution is -2.44. The van der Waals surface area contributed by atoms with Crippen molar-refractivity contribution < 1.29 is 14.6 Å². The number of alkyl carbamates (subject to hydrolysis) is 1. The molecule has 0 aromatic carbocycles. The molecule has 0 atom stereocenters. The zero-order valence-corrected chi connectivity index (χ0v) is 6.97. The molecule has 4 nitrogen and oxygen atoms in total. The van der Waals surface area contributed by atoms with Crippen LogP contribution in [0.5, 0.6) is 0 Å². The first-order valence-electron chi connectivity index (χ1n) is 3.14. The van der Waals surface area contributed by atoms with E-state index in [0.717, 1.165) is 0 Å². The summed E-state index contributed by atoms with van der Waals surface area (Å²) in [6.45, 7) is 6.53. The Morgan fingerprint density at radius 3 is 2.36 bits per heavy atom. The summed E-state index contributed by atoms with van der Waals surface area (Å²) in [5.74, 6) is -0.108. The van der Waals surface area contributed by atoms with Crippen LogP contribution in [0, 0.1) is 0 Å². The van der Waals surface area contributed by atoms with Crippen LogP contribution in [0.4, 0.5) is 4.79 Å². The molecule has 0 saturated carbocycles. The van der Waals surface area contributed by atoms with Gasteiger partial charge in [0.05, 0.1) is 12.6 Å². The van der Waals surface area contributed by atoms with Gasteiger partial charge in [0, 0.05) is 0 Å². The molecule has 0 radical (unpaired) electrons. The maximum absolute atomic E-state index is 10.6. The molecule has 0 saturated heterocycles. The number of ether oxygens (including phenoxy) is 1. The van der Waals surface area contributed by atoms with Crippen LogP contribution in [0.25, 0.3) is 0 Å². The number of hydrogen-bond donors (Lipinski definition) is 2. The molecular formula is C7H13NO3. The third kappa shape index (κ3) is 2.93. The lowest BCUT2D eigenvalue weighted by molar-refractivity contribution is 0.156. The van der Waals surface area contributed by atoms with Crippen LogP contribution >= 0.6 is 0 Å². The molecule has 0 aliphatic rings. The molecule has 0 heterocycles. The van der Waals surface area contributed by atoms with E-state index in [2.05, 4.69) is 16.6 Å². The molecule has 4 heteroatoms. The number of rotatable bonds is 2. The largest absolute Gasteiger partial charge is 0.510 e. The van der Waals surface area contributed by atoms with Gasteiger partial charge in [0.2, 0.25) is 0 Å². The normalized spacial score (nSPS) is 10.5. The minimum absolute atomic E-state index is 0.108. The van der Waals surface area contributed by atoms with E-state index >= 15 is 0 Å². The van der Waals surface area contributed by atoms with Crippen molar-refractivity contribution in [3.05, 3.63) is 12.3 Å². The highest BCUT2D eigenvalue weighted by Crippen LogP contribution is 2.09. The number of carbonyl (C=O) groups excluding carboxylic acids is 1. The van der Waals surface area contributed by atoms with E-state index in [1.807, 2.05) is 0 Å². The summed E-state index contributed by atoms with van der Waals surface area (Å²) in [4.78, 5) is 10.6. The van der Waals surface area contributed by atoms with E-state index in [-0.39, 0.29) is 5.76 Å². The van der Waals surface area contributed by atoms with Crippen molar-refractivity contribution in [2.75, 3.05) is 7.11 Å². The monoisotopic (exact) mass is 159 g/mol. The van der Waals surface area contributed by atoms with Crippen LogP contribution in [0.2, 0.25) is 0 Å². The Morgan fingerprint density at radius 1 is 1.64 bits per heavy atom. The number of carbonyl (C=O) groups is 1. The first-order chi connectivity index (χ1) is 4.90. The molecule has 0 rings (SSSR count). The lowest BCUT2D eigenvalue weighted by Gasteiger charge is -2.23. The second-order valence-electron chi connectivity index (χ2n) is 2.69.